The number of carbonyl (C=O) groups is 2. The van der Waals surface area contributed by atoms with Crippen molar-refractivity contribution >= 4 is 11.8 Å². The molecule has 3 rings (SSSR count). The first-order valence-electron chi connectivity index (χ1n) is 9.54. The van der Waals surface area contributed by atoms with Crippen LogP contribution in [0, 0.1) is 12.8 Å². The molecule has 0 unspecified atom stereocenters. The van der Waals surface area contributed by atoms with Gasteiger partial charge in [0.1, 0.15) is 0 Å². The van der Waals surface area contributed by atoms with Crippen LogP contribution in [0.2, 0.25) is 0 Å². The Morgan fingerprint density at radius 2 is 1.70 bits per heavy atom. The van der Waals surface area contributed by atoms with Gasteiger partial charge in [-0.3, -0.25) is 14.6 Å². The van der Waals surface area contributed by atoms with Crippen LogP contribution < -0.4 is 0 Å². The third-order valence-corrected chi connectivity index (χ3v) is 5.29. The minimum Gasteiger partial charge on any atom is -0.345 e. The minimum atomic E-state index is 0.00880. The van der Waals surface area contributed by atoms with Crippen LogP contribution in [0.1, 0.15) is 34.3 Å². The Morgan fingerprint density at radius 1 is 1.07 bits per heavy atom. The number of benzene rings is 1. The molecule has 142 valence electrons. The largest absolute Gasteiger partial charge is 0.345 e. The van der Waals surface area contributed by atoms with E-state index in [4.69, 9.17) is 0 Å². The standard InChI is InChI=1S/C22H27N3O2/c1-17-3-5-19(6-4-17)22(27)25-15-10-20(11-16-25)21(26)24(2)14-9-18-7-12-23-13-8-18/h3-8,12-13,20H,9-11,14-16H2,1-2H3. The first-order valence-corrected chi connectivity index (χ1v) is 9.54. The Morgan fingerprint density at radius 3 is 2.33 bits per heavy atom. The van der Waals surface area contributed by atoms with Crippen LogP contribution in [0.15, 0.2) is 48.8 Å². The number of carbonyl (C=O) groups excluding carboxylic acids is 2. The second kappa shape index (κ2) is 8.80. The van der Waals surface area contributed by atoms with E-state index in [1.54, 1.807) is 12.4 Å². The average molecular weight is 365 g/mol. The van der Waals surface area contributed by atoms with Gasteiger partial charge < -0.3 is 9.80 Å². The molecule has 1 aliphatic rings. The SMILES string of the molecule is Cc1ccc(C(=O)N2CCC(C(=O)N(C)CCc3ccncc3)CC2)cc1. The maximum Gasteiger partial charge on any atom is 0.253 e. The summed E-state index contributed by atoms with van der Waals surface area (Å²) in [6.07, 6.45) is 5.84. The molecule has 1 aromatic heterocycles. The van der Waals surface area contributed by atoms with E-state index in [2.05, 4.69) is 4.98 Å². The number of pyridine rings is 1. The van der Waals surface area contributed by atoms with Crippen LogP contribution in [0.4, 0.5) is 0 Å². The lowest BCUT2D eigenvalue weighted by Crippen LogP contribution is -2.43. The Hall–Kier alpha value is -2.69. The minimum absolute atomic E-state index is 0.00880. The molecule has 0 bridgehead atoms. The molecule has 1 aromatic carbocycles. The Kier molecular flexibility index (Phi) is 6.22. The van der Waals surface area contributed by atoms with Crippen molar-refractivity contribution in [1.82, 2.24) is 14.8 Å². The van der Waals surface area contributed by atoms with Gasteiger partial charge in [0, 0.05) is 50.6 Å². The van der Waals surface area contributed by atoms with Crippen molar-refractivity contribution in [2.24, 2.45) is 5.92 Å². The molecule has 5 heteroatoms. The Balaban J connectivity index is 1.48. The molecule has 2 amide bonds. The van der Waals surface area contributed by atoms with Crippen LogP contribution in [0.25, 0.3) is 0 Å². The van der Waals surface area contributed by atoms with Crippen molar-refractivity contribution in [2.75, 3.05) is 26.7 Å². The van der Waals surface area contributed by atoms with Crippen LogP contribution in [0.3, 0.4) is 0 Å². The normalized spacial score (nSPS) is 14.8. The summed E-state index contributed by atoms with van der Waals surface area (Å²) >= 11 is 0. The fraction of sp³-hybridized carbons (Fsp3) is 0.409. The van der Waals surface area contributed by atoms with Crippen LogP contribution in [0.5, 0.6) is 0 Å². The van der Waals surface area contributed by atoms with Gasteiger partial charge in [-0.05, 0) is 56.0 Å². The number of piperidine rings is 1. The molecule has 0 saturated carbocycles. The fourth-order valence-corrected chi connectivity index (χ4v) is 3.48. The Labute approximate surface area is 161 Å². The van der Waals surface area contributed by atoms with Crippen molar-refractivity contribution < 1.29 is 9.59 Å². The number of nitrogens with zero attached hydrogens (tertiary/aromatic N) is 3. The van der Waals surface area contributed by atoms with E-state index in [0.29, 0.717) is 19.6 Å². The predicted octanol–water partition coefficient (Wildman–Crippen LogP) is 2.94. The summed E-state index contributed by atoms with van der Waals surface area (Å²) in [5.74, 6) is 0.257. The van der Waals surface area contributed by atoms with Gasteiger partial charge in [0.05, 0.1) is 0 Å². The molecule has 1 aliphatic heterocycles. The second-order valence-corrected chi connectivity index (χ2v) is 7.30. The molecular formula is C22H27N3O2. The maximum absolute atomic E-state index is 12.7. The smallest absolute Gasteiger partial charge is 0.253 e. The van der Waals surface area contributed by atoms with Gasteiger partial charge in [0.2, 0.25) is 5.91 Å². The number of amides is 2. The van der Waals surface area contributed by atoms with Crippen LogP contribution >= 0.6 is 0 Å². The number of hydrogen-bond acceptors (Lipinski definition) is 3. The molecule has 5 nitrogen and oxygen atoms in total. The zero-order valence-corrected chi connectivity index (χ0v) is 16.1. The number of likely N-dealkylation sites (N-methyl/N-ethyl adjacent to an activating group) is 1. The number of aryl methyl sites for hydroxylation is 1. The average Bonchev–Trinajstić information content (AvgIpc) is 2.72. The lowest BCUT2D eigenvalue weighted by atomic mass is 9.94. The summed E-state index contributed by atoms with van der Waals surface area (Å²) in [5.41, 5.74) is 3.05. The van der Waals surface area contributed by atoms with E-state index in [0.717, 1.165) is 30.4 Å². The molecule has 1 fully saturated rings. The summed E-state index contributed by atoms with van der Waals surface area (Å²) in [6.45, 7) is 3.99. The quantitative estimate of drug-likeness (QED) is 0.819. The molecule has 0 radical (unpaired) electrons. The summed E-state index contributed by atoms with van der Waals surface area (Å²) in [5, 5.41) is 0. The van der Waals surface area contributed by atoms with E-state index in [9.17, 15) is 9.59 Å². The maximum atomic E-state index is 12.7. The summed E-state index contributed by atoms with van der Waals surface area (Å²) in [6, 6.07) is 11.6. The molecule has 1 saturated heterocycles. The number of aromatic nitrogens is 1. The summed E-state index contributed by atoms with van der Waals surface area (Å²) < 4.78 is 0. The second-order valence-electron chi connectivity index (χ2n) is 7.30. The van der Waals surface area contributed by atoms with Gasteiger partial charge in [-0.1, -0.05) is 17.7 Å². The molecular weight excluding hydrogens is 338 g/mol. The first-order chi connectivity index (χ1) is 13.0. The lowest BCUT2D eigenvalue weighted by molar-refractivity contribution is -0.135. The van der Waals surface area contributed by atoms with Gasteiger partial charge in [-0.25, -0.2) is 0 Å². The van der Waals surface area contributed by atoms with Crippen molar-refractivity contribution in [1.29, 1.82) is 0 Å². The van der Waals surface area contributed by atoms with Crippen molar-refractivity contribution in [3.05, 3.63) is 65.5 Å². The third kappa shape index (κ3) is 4.94. The third-order valence-electron chi connectivity index (χ3n) is 5.29. The zero-order valence-electron chi connectivity index (χ0n) is 16.1. The molecule has 0 aliphatic carbocycles. The van der Waals surface area contributed by atoms with Crippen LogP contribution in [-0.4, -0.2) is 53.3 Å². The molecule has 0 N–H and O–H groups in total. The Bertz CT molecular complexity index is 766. The molecule has 27 heavy (non-hydrogen) atoms. The number of rotatable bonds is 5. The van der Waals surface area contributed by atoms with E-state index in [1.165, 1.54) is 5.56 Å². The van der Waals surface area contributed by atoms with E-state index in [1.807, 2.05) is 60.2 Å². The van der Waals surface area contributed by atoms with Crippen LogP contribution in [-0.2, 0) is 11.2 Å². The van der Waals surface area contributed by atoms with Gasteiger partial charge >= 0.3 is 0 Å². The molecule has 2 aromatic rings. The molecule has 0 atom stereocenters. The predicted molar refractivity (Wildman–Crippen MR) is 105 cm³/mol. The van der Waals surface area contributed by atoms with Crippen molar-refractivity contribution in [2.45, 2.75) is 26.2 Å². The monoisotopic (exact) mass is 365 g/mol. The summed E-state index contributed by atoms with van der Waals surface area (Å²) in [4.78, 5) is 33.0. The van der Waals surface area contributed by atoms with Crippen molar-refractivity contribution in [3.8, 4) is 0 Å². The highest BCUT2D eigenvalue weighted by molar-refractivity contribution is 5.94. The number of hydrogen-bond donors (Lipinski definition) is 0. The van der Waals surface area contributed by atoms with E-state index < -0.39 is 0 Å². The fourth-order valence-electron chi connectivity index (χ4n) is 3.48. The molecule has 2 heterocycles. The van der Waals surface area contributed by atoms with Gasteiger partial charge in [0.25, 0.3) is 5.91 Å². The summed E-state index contributed by atoms with van der Waals surface area (Å²) in [7, 11) is 1.87. The van der Waals surface area contributed by atoms with E-state index >= 15 is 0 Å². The van der Waals surface area contributed by atoms with Gasteiger partial charge in [-0.2, -0.15) is 0 Å². The highest BCUT2D eigenvalue weighted by Crippen LogP contribution is 2.21. The van der Waals surface area contributed by atoms with Gasteiger partial charge in [-0.15, -0.1) is 0 Å². The highest BCUT2D eigenvalue weighted by atomic mass is 16.2. The topological polar surface area (TPSA) is 53.5 Å². The van der Waals surface area contributed by atoms with Crippen molar-refractivity contribution in [3.63, 3.8) is 0 Å². The zero-order chi connectivity index (χ0) is 19.2. The first kappa shape index (κ1) is 19.1. The van der Waals surface area contributed by atoms with E-state index in [-0.39, 0.29) is 17.7 Å². The number of likely N-dealkylation sites (tertiary alicyclic amines) is 1. The highest BCUT2D eigenvalue weighted by Gasteiger charge is 2.29. The lowest BCUT2D eigenvalue weighted by Gasteiger charge is -2.33. The molecule has 0 spiro atoms. The van der Waals surface area contributed by atoms with Gasteiger partial charge in [0.15, 0.2) is 0 Å².